The van der Waals surface area contributed by atoms with Gasteiger partial charge in [-0.15, -0.1) is 0 Å². The zero-order valence-electron chi connectivity index (χ0n) is 27.4. The fraction of sp³-hybridized carbons (Fsp3) is 0.514. The highest BCUT2D eigenvalue weighted by molar-refractivity contribution is 6.07. The van der Waals surface area contributed by atoms with Gasteiger partial charge in [-0.05, 0) is 102 Å². The maximum atomic E-state index is 13.0. The Morgan fingerprint density at radius 2 is 1.28 bits per heavy atom. The standard InChI is InChI=1S/C35H48O8/c1-11-19-39-29-21-30(41-23-43-32(38)34(6,7)8)27(35(9,10)12-2)20-25(29)15-18-28(36)24-13-16-26(17-14-24)40-22-42-31(37)33(3,4)5/h13-18,20-21H,11-12,19,22-23H2,1-10H3. The molecule has 43 heavy (non-hydrogen) atoms. The van der Waals surface area contributed by atoms with Gasteiger partial charge in [0.05, 0.1) is 17.4 Å². The number of hydrogen-bond donors (Lipinski definition) is 0. The van der Waals surface area contributed by atoms with Crippen LogP contribution in [0.2, 0.25) is 0 Å². The zero-order valence-corrected chi connectivity index (χ0v) is 27.4. The van der Waals surface area contributed by atoms with E-state index in [4.69, 9.17) is 23.7 Å². The van der Waals surface area contributed by atoms with Crippen molar-refractivity contribution in [2.75, 3.05) is 20.2 Å². The van der Waals surface area contributed by atoms with Gasteiger partial charge in [0.1, 0.15) is 17.2 Å². The SMILES string of the molecule is CCCOc1cc(OCOC(=O)C(C)(C)C)c(C(C)(C)CC)cc1C=CC(=O)c1ccc(OCOC(=O)C(C)(C)C)cc1. The number of allylic oxidation sites excluding steroid dienone is 1. The molecular weight excluding hydrogens is 548 g/mol. The fourth-order valence-corrected chi connectivity index (χ4v) is 3.59. The molecular formula is C35H48O8. The lowest BCUT2D eigenvalue weighted by Crippen LogP contribution is -2.25. The number of rotatable bonds is 14. The highest BCUT2D eigenvalue weighted by atomic mass is 16.7. The molecule has 0 heterocycles. The Kier molecular flexibility index (Phi) is 12.4. The molecule has 0 fully saturated rings. The topological polar surface area (TPSA) is 97.4 Å². The van der Waals surface area contributed by atoms with Gasteiger partial charge in [0.2, 0.25) is 13.6 Å². The van der Waals surface area contributed by atoms with Crippen LogP contribution < -0.4 is 14.2 Å². The summed E-state index contributed by atoms with van der Waals surface area (Å²) in [6, 6.07) is 10.4. The predicted molar refractivity (Wildman–Crippen MR) is 167 cm³/mol. The van der Waals surface area contributed by atoms with E-state index in [0.717, 1.165) is 24.0 Å². The van der Waals surface area contributed by atoms with E-state index in [1.54, 1.807) is 78.0 Å². The van der Waals surface area contributed by atoms with Gasteiger partial charge in [-0.3, -0.25) is 14.4 Å². The summed E-state index contributed by atoms with van der Waals surface area (Å²) in [6.07, 6.45) is 4.87. The van der Waals surface area contributed by atoms with Gasteiger partial charge in [0.25, 0.3) is 0 Å². The predicted octanol–water partition coefficient (Wildman–Crippen LogP) is 7.91. The molecule has 0 atom stereocenters. The van der Waals surface area contributed by atoms with E-state index in [9.17, 15) is 14.4 Å². The molecule has 0 amide bonds. The maximum Gasteiger partial charge on any atom is 0.314 e. The van der Waals surface area contributed by atoms with Crippen molar-refractivity contribution in [1.82, 2.24) is 0 Å². The van der Waals surface area contributed by atoms with Gasteiger partial charge < -0.3 is 23.7 Å². The Morgan fingerprint density at radius 1 is 0.721 bits per heavy atom. The van der Waals surface area contributed by atoms with Gasteiger partial charge in [-0.25, -0.2) is 0 Å². The Hall–Kier alpha value is -3.81. The van der Waals surface area contributed by atoms with Crippen LogP contribution >= 0.6 is 0 Å². The molecule has 0 saturated carbocycles. The summed E-state index contributed by atoms with van der Waals surface area (Å²) in [5.74, 6) is 0.693. The summed E-state index contributed by atoms with van der Waals surface area (Å²) in [4.78, 5) is 37.2. The van der Waals surface area contributed by atoms with Gasteiger partial charge in [0.15, 0.2) is 5.78 Å². The van der Waals surface area contributed by atoms with Gasteiger partial charge in [-0.1, -0.05) is 27.7 Å². The van der Waals surface area contributed by atoms with E-state index >= 15 is 0 Å². The number of benzene rings is 2. The normalized spacial score (nSPS) is 12.1. The van der Waals surface area contributed by atoms with Crippen molar-refractivity contribution >= 4 is 23.8 Å². The van der Waals surface area contributed by atoms with Crippen LogP contribution in [-0.2, 0) is 24.5 Å². The van der Waals surface area contributed by atoms with Crippen LogP contribution in [0.5, 0.6) is 17.2 Å². The third-order valence-electron chi connectivity index (χ3n) is 6.78. The summed E-state index contributed by atoms with van der Waals surface area (Å²) in [6.45, 7) is 19.0. The van der Waals surface area contributed by atoms with Crippen molar-refractivity contribution in [2.45, 2.75) is 87.5 Å². The smallest absolute Gasteiger partial charge is 0.314 e. The first-order chi connectivity index (χ1) is 20.0. The minimum Gasteiger partial charge on any atom is -0.493 e. The highest BCUT2D eigenvalue weighted by Crippen LogP contribution is 2.39. The first kappa shape index (κ1) is 35.4. The number of hydrogen-bond acceptors (Lipinski definition) is 8. The summed E-state index contributed by atoms with van der Waals surface area (Å²) >= 11 is 0. The molecule has 8 nitrogen and oxygen atoms in total. The summed E-state index contributed by atoms with van der Waals surface area (Å²) in [5, 5.41) is 0. The average Bonchev–Trinajstić information content (AvgIpc) is 2.94. The monoisotopic (exact) mass is 596 g/mol. The van der Waals surface area contributed by atoms with Gasteiger partial charge >= 0.3 is 11.9 Å². The quantitative estimate of drug-likeness (QED) is 0.0939. The second-order valence-corrected chi connectivity index (χ2v) is 13.1. The fourth-order valence-electron chi connectivity index (χ4n) is 3.59. The molecule has 0 saturated heterocycles. The zero-order chi connectivity index (χ0) is 32.4. The van der Waals surface area contributed by atoms with E-state index in [1.165, 1.54) is 6.08 Å². The number of ether oxygens (including phenoxy) is 5. The van der Waals surface area contributed by atoms with E-state index < -0.39 is 10.8 Å². The number of ketones is 1. The summed E-state index contributed by atoms with van der Waals surface area (Å²) in [7, 11) is 0. The lowest BCUT2D eigenvalue weighted by molar-refractivity contribution is -0.160. The van der Waals surface area contributed by atoms with Crippen molar-refractivity contribution in [3.63, 3.8) is 0 Å². The van der Waals surface area contributed by atoms with Crippen molar-refractivity contribution in [2.24, 2.45) is 10.8 Å². The molecule has 2 aromatic rings. The molecule has 0 spiro atoms. The van der Waals surface area contributed by atoms with Gasteiger partial charge in [-0.2, -0.15) is 0 Å². The van der Waals surface area contributed by atoms with E-state index in [0.29, 0.717) is 29.4 Å². The van der Waals surface area contributed by atoms with E-state index in [-0.39, 0.29) is 36.7 Å². The Labute approximate surface area is 256 Å². The first-order valence-corrected chi connectivity index (χ1v) is 14.7. The van der Waals surface area contributed by atoms with Crippen molar-refractivity contribution in [1.29, 1.82) is 0 Å². The lowest BCUT2D eigenvalue weighted by atomic mass is 9.80. The molecule has 0 radical (unpaired) electrons. The second-order valence-electron chi connectivity index (χ2n) is 13.1. The molecule has 236 valence electrons. The molecule has 0 aliphatic heterocycles. The van der Waals surface area contributed by atoms with Crippen molar-refractivity contribution < 1.29 is 38.1 Å². The minimum atomic E-state index is -0.639. The number of carbonyl (C=O) groups excluding carboxylic acids is 3. The summed E-state index contributed by atoms with van der Waals surface area (Å²) in [5.41, 5.74) is 0.593. The Morgan fingerprint density at radius 3 is 1.79 bits per heavy atom. The van der Waals surface area contributed by atoms with Crippen LogP contribution in [0, 0.1) is 10.8 Å². The number of esters is 2. The van der Waals surface area contributed by atoms with Crippen LogP contribution in [0.1, 0.15) is 104 Å². The summed E-state index contributed by atoms with van der Waals surface area (Å²) < 4.78 is 28.0. The third kappa shape index (κ3) is 10.8. The van der Waals surface area contributed by atoms with Crippen LogP contribution in [0.4, 0.5) is 0 Å². The highest BCUT2D eigenvalue weighted by Gasteiger charge is 2.27. The molecule has 2 aromatic carbocycles. The molecule has 0 unspecified atom stereocenters. The van der Waals surface area contributed by atoms with Crippen LogP contribution in [0.3, 0.4) is 0 Å². The largest absolute Gasteiger partial charge is 0.493 e. The van der Waals surface area contributed by atoms with Crippen LogP contribution in [0.25, 0.3) is 6.08 Å². The number of carbonyl (C=O) groups is 3. The van der Waals surface area contributed by atoms with Crippen molar-refractivity contribution in [3.05, 3.63) is 59.2 Å². The van der Waals surface area contributed by atoms with E-state index in [2.05, 4.69) is 20.8 Å². The van der Waals surface area contributed by atoms with Crippen molar-refractivity contribution in [3.8, 4) is 17.2 Å². The molecule has 0 aliphatic rings. The lowest BCUT2D eigenvalue weighted by Gasteiger charge is -2.27. The van der Waals surface area contributed by atoms with Gasteiger partial charge in [0, 0.05) is 22.8 Å². The Balaban J connectivity index is 2.27. The minimum absolute atomic E-state index is 0.196. The molecule has 0 aromatic heterocycles. The van der Waals surface area contributed by atoms with Crippen LogP contribution in [0.15, 0.2) is 42.5 Å². The van der Waals surface area contributed by atoms with Crippen LogP contribution in [-0.4, -0.2) is 37.9 Å². The first-order valence-electron chi connectivity index (χ1n) is 14.7. The molecule has 0 aliphatic carbocycles. The second kappa shape index (κ2) is 15.1. The third-order valence-corrected chi connectivity index (χ3v) is 6.78. The molecule has 0 N–H and O–H groups in total. The maximum absolute atomic E-state index is 13.0. The molecule has 8 heteroatoms. The molecule has 2 rings (SSSR count). The van der Waals surface area contributed by atoms with E-state index in [1.807, 2.05) is 13.0 Å². The average molecular weight is 597 g/mol. The Bertz CT molecular complexity index is 1270. The molecule has 0 bridgehead atoms.